The van der Waals surface area contributed by atoms with Crippen molar-refractivity contribution in [1.29, 1.82) is 0 Å². The smallest absolute Gasteiger partial charge is 0.229 e. The van der Waals surface area contributed by atoms with Crippen LogP contribution in [0.25, 0.3) is 0 Å². The maximum absolute atomic E-state index is 5.47. The molecule has 2 aliphatic rings. The summed E-state index contributed by atoms with van der Waals surface area (Å²) < 4.78 is 10.9. The van der Waals surface area contributed by atoms with Crippen LogP contribution in [0.15, 0.2) is 16.9 Å². The number of hydrogen-bond donors (Lipinski definition) is 0. The SMILES string of the molecule is CCN(Cc1noc(C2CCC2)n1)c1cc(C2CCOC2)ncn1. The van der Waals surface area contributed by atoms with Gasteiger partial charge in [0.2, 0.25) is 5.89 Å². The number of nitrogens with zero attached hydrogens (tertiary/aromatic N) is 5. The van der Waals surface area contributed by atoms with Crippen LogP contribution >= 0.6 is 0 Å². The highest BCUT2D eigenvalue weighted by atomic mass is 16.5. The Hall–Kier alpha value is -2.02. The monoisotopic (exact) mass is 329 g/mol. The molecule has 7 nitrogen and oxygen atoms in total. The molecule has 0 amide bonds. The minimum atomic E-state index is 0.376. The average molecular weight is 329 g/mol. The minimum absolute atomic E-state index is 0.376. The van der Waals surface area contributed by atoms with Gasteiger partial charge in [-0.25, -0.2) is 9.97 Å². The zero-order valence-corrected chi connectivity index (χ0v) is 14.0. The van der Waals surface area contributed by atoms with Crippen molar-refractivity contribution in [1.82, 2.24) is 20.1 Å². The summed E-state index contributed by atoms with van der Waals surface area (Å²) in [5, 5.41) is 4.14. The Morgan fingerprint density at radius 1 is 1.21 bits per heavy atom. The molecule has 0 N–H and O–H groups in total. The lowest BCUT2D eigenvalue weighted by Gasteiger charge is -2.21. The van der Waals surface area contributed by atoms with Gasteiger partial charge in [-0.05, 0) is 26.2 Å². The van der Waals surface area contributed by atoms with Crippen LogP contribution in [0.1, 0.15) is 61.9 Å². The fourth-order valence-electron chi connectivity index (χ4n) is 3.20. The van der Waals surface area contributed by atoms with Crippen LogP contribution in [0.3, 0.4) is 0 Å². The molecule has 1 aliphatic heterocycles. The molecule has 7 heteroatoms. The molecule has 0 spiro atoms. The number of aromatic nitrogens is 4. The number of rotatable bonds is 6. The first kappa shape index (κ1) is 15.5. The average Bonchev–Trinajstić information content (AvgIpc) is 3.23. The second-order valence-corrected chi connectivity index (χ2v) is 6.55. The van der Waals surface area contributed by atoms with E-state index in [4.69, 9.17) is 9.26 Å². The molecule has 1 saturated carbocycles. The fraction of sp³-hybridized carbons (Fsp3) is 0.647. The van der Waals surface area contributed by atoms with Gasteiger partial charge >= 0.3 is 0 Å². The number of ether oxygens (including phenoxy) is 1. The number of anilines is 1. The summed E-state index contributed by atoms with van der Waals surface area (Å²) in [7, 11) is 0. The quantitative estimate of drug-likeness (QED) is 0.806. The molecule has 128 valence electrons. The molecule has 1 atom stereocenters. The van der Waals surface area contributed by atoms with E-state index in [1.807, 2.05) is 0 Å². The van der Waals surface area contributed by atoms with Gasteiger partial charge in [0.25, 0.3) is 0 Å². The lowest BCUT2D eigenvalue weighted by Crippen LogP contribution is -2.24. The molecule has 2 fully saturated rings. The lowest BCUT2D eigenvalue weighted by molar-refractivity contribution is 0.193. The third-order valence-corrected chi connectivity index (χ3v) is 5.00. The molecule has 2 aromatic heterocycles. The van der Waals surface area contributed by atoms with Gasteiger partial charge in [-0.15, -0.1) is 0 Å². The van der Waals surface area contributed by atoms with Crippen molar-refractivity contribution in [3.8, 4) is 0 Å². The van der Waals surface area contributed by atoms with Gasteiger partial charge in [-0.3, -0.25) is 0 Å². The van der Waals surface area contributed by atoms with E-state index in [1.54, 1.807) is 6.33 Å². The molecular formula is C17H23N5O2. The topological polar surface area (TPSA) is 77.2 Å². The van der Waals surface area contributed by atoms with E-state index < -0.39 is 0 Å². The second kappa shape index (κ2) is 6.84. The van der Waals surface area contributed by atoms with E-state index in [-0.39, 0.29) is 0 Å². The largest absolute Gasteiger partial charge is 0.381 e. The highest BCUT2D eigenvalue weighted by Crippen LogP contribution is 2.35. The van der Waals surface area contributed by atoms with Gasteiger partial charge in [0.15, 0.2) is 5.82 Å². The van der Waals surface area contributed by atoms with Crippen molar-refractivity contribution in [2.24, 2.45) is 0 Å². The molecule has 2 aromatic rings. The summed E-state index contributed by atoms with van der Waals surface area (Å²) in [4.78, 5) is 15.6. The Labute approximate surface area is 141 Å². The highest BCUT2D eigenvalue weighted by molar-refractivity contribution is 5.39. The van der Waals surface area contributed by atoms with E-state index in [0.29, 0.717) is 18.4 Å². The molecule has 0 radical (unpaired) electrons. The van der Waals surface area contributed by atoms with Crippen molar-refractivity contribution in [3.05, 3.63) is 29.8 Å². The van der Waals surface area contributed by atoms with E-state index in [9.17, 15) is 0 Å². The first-order valence-electron chi connectivity index (χ1n) is 8.80. The molecule has 1 aliphatic carbocycles. The predicted molar refractivity (Wildman–Crippen MR) is 87.8 cm³/mol. The van der Waals surface area contributed by atoms with Crippen molar-refractivity contribution >= 4 is 5.82 Å². The van der Waals surface area contributed by atoms with Gasteiger partial charge in [0.05, 0.1) is 18.8 Å². The third-order valence-electron chi connectivity index (χ3n) is 5.00. The standard InChI is InChI=1S/C17H23N5O2/c1-2-22(9-15-20-17(24-21-15)12-4-3-5-12)16-8-14(18-11-19-16)13-6-7-23-10-13/h8,11-13H,2-7,9-10H2,1H3. The lowest BCUT2D eigenvalue weighted by atomic mass is 9.85. The summed E-state index contributed by atoms with van der Waals surface area (Å²) in [5.74, 6) is 3.27. The number of hydrogen-bond acceptors (Lipinski definition) is 7. The first-order chi connectivity index (χ1) is 11.8. The summed E-state index contributed by atoms with van der Waals surface area (Å²) in [6, 6.07) is 2.07. The second-order valence-electron chi connectivity index (χ2n) is 6.55. The predicted octanol–water partition coefficient (Wildman–Crippen LogP) is 2.66. The molecular weight excluding hydrogens is 306 g/mol. The maximum Gasteiger partial charge on any atom is 0.229 e. The summed E-state index contributed by atoms with van der Waals surface area (Å²) in [6.07, 6.45) is 6.26. The molecule has 4 rings (SSSR count). The molecule has 24 heavy (non-hydrogen) atoms. The first-order valence-corrected chi connectivity index (χ1v) is 8.80. The van der Waals surface area contributed by atoms with Gasteiger partial charge in [-0.1, -0.05) is 11.6 Å². The van der Waals surface area contributed by atoms with Crippen LogP contribution in [-0.2, 0) is 11.3 Å². The van der Waals surface area contributed by atoms with Gasteiger partial charge in [0.1, 0.15) is 12.1 Å². The Morgan fingerprint density at radius 3 is 2.83 bits per heavy atom. The Kier molecular flexibility index (Phi) is 4.42. The van der Waals surface area contributed by atoms with Gasteiger partial charge in [0, 0.05) is 31.1 Å². The molecule has 1 unspecified atom stereocenters. The van der Waals surface area contributed by atoms with Gasteiger partial charge in [-0.2, -0.15) is 4.98 Å². The Balaban J connectivity index is 1.48. The molecule has 1 saturated heterocycles. The Morgan fingerprint density at radius 2 is 2.12 bits per heavy atom. The van der Waals surface area contributed by atoms with Crippen molar-refractivity contribution in [3.63, 3.8) is 0 Å². The van der Waals surface area contributed by atoms with E-state index in [1.165, 1.54) is 6.42 Å². The Bertz CT molecular complexity index is 679. The summed E-state index contributed by atoms with van der Waals surface area (Å²) in [6.45, 7) is 5.09. The van der Waals surface area contributed by atoms with Crippen LogP contribution in [0.2, 0.25) is 0 Å². The third kappa shape index (κ3) is 3.13. The molecule has 0 aromatic carbocycles. The summed E-state index contributed by atoms with van der Waals surface area (Å²) >= 11 is 0. The van der Waals surface area contributed by atoms with E-state index in [0.717, 1.165) is 62.2 Å². The zero-order chi connectivity index (χ0) is 16.4. The minimum Gasteiger partial charge on any atom is -0.381 e. The van der Waals surface area contributed by atoms with Crippen LogP contribution < -0.4 is 4.90 Å². The van der Waals surface area contributed by atoms with Crippen LogP contribution in [0, 0.1) is 0 Å². The normalized spacial score (nSPS) is 21.0. The van der Waals surface area contributed by atoms with Crippen LogP contribution in [-0.4, -0.2) is 39.9 Å². The van der Waals surface area contributed by atoms with Crippen LogP contribution in [0.4, 0.5) is 5.82 Å². The summed E-state index contributed by atoms with van der Waals surface area (Å²) in [5.41, 5.74) is 1.05. The maximum atomic E-state index is 5.47. The van der Waals surface area contributed by atoms with Crippen molar-refractivity contribution in [2.45, 2.75) is 51.0 Å². The fourth-order valence-corrected chi connectivity index (χ4v) is 3.20. The van der Waals surface area contributed by atoms with Crippen LogP contribution in [0.5, 0.6) is 0 Å². The van der Waals surface area contributed by atoms with Crippen molar-refractivity contribution < 1.29 is 9.26 Å². The van der Waals surface area contributed by atoms with Gasteiger partial charge < -0.3 is 14.2 Å². The van der Waals surface area contributed by atoms with E-state index >= 15 is 0 Å². The van der Waals surface area contributed by atoms with Crippen molar-refractivity contribution in [2.75, 3.05) is 24.7 Å². The molecule has 3 heterocycles. The zero-order valence-electron chi connectivity index (χ0n) is 14.0. The van der Waals surface area contributed by atoms with E-state index in [2.05, 4.69) is 38.0 Å². The highest BCUT2D eigenvalue weighted by Gasteiger charge is 2.26. The molecule has 0 bridgehead atoms.